The van der Waals surface area contributed by atoms with Crippen molar-refractivity contribution in [1.29, 1.82) is 0 Å². The molecule has 0 radical (unpaired) electrons. The van der Waals surface area contributed by atoms with E-state index in [1.807, 2.05) is 0 Å². The molecule has 1 N–H and O–H groups in total. The third-order valence-electron chi connectivity index (χ3n) is 6.54. The van der Waals surface area contributed by atoms with E-state index in [2.05, 4.69) is 103 Å². The fraction of sp³-hybridized carbons (Fsp3) is 0.222. The molecule has 0 aliphatic carbocycles. The Hall–Kier alpha value is -3.33. The van der Waals surface area contributed by atoms with Gasteiger partial charge in [-0.15, -0.1) is 0 Å². The number of aliphatic imine (C=N–C) groups is 1. The summed E-state index contributed by atoms with van der Waals surface area (Å²) < 4.78 is 0. The first kappa shape index (κ1) is 17.5. The standard InChI is InChI=1S/C27H25N3/c1-27(2)16-15-26(29-27)30-24-13-11-18-7-3-4-8-19(18)21(24)12-14-25(30)22-17-28-23-10-6-5-9-20(22)23/h3-14,17,25,28H,15-16H2,1-2H3. The maximum absolute atomic E-state index is 5.16. The number of hydrogen-bond acceptors (Lipinski definition) is 2. The van der Waals surface area contributed by atoms with Gasteiger partial charge in [0.2, 0.25) is 0 Å². The van der Waals surface area contributed by atoms with Crippen LogP contribution in [0.15, 0.2) is 77.9 Å². The molecule has 148 valence electrons. The Morgan fingerprint density at radius 3 is 2.60 bits per heavy atom. The normalized spacial score (nSPS) is 20.0. The summed E-state index contributed by atoms with van der Waals surface area (Å²) in [5.74, 6) is 1.19. The van der Waals surface area contributed by atoms with Gasteiger partial charge in [0.15, 0.2) is 0 Å². The van der Waals surface area contributed by atoms with Crippen LogP contribution in [0.2, 0.25) is 0 Å². The minimum absolute atomic E-state index is 0.00172. The van der Waals surface area contributed by atoms with Gasteiger partial charge in [0.1, 0.15) is 5.84 Å². The van der Waals surface area contributed by atoms with Crippen LogP contribution in [0.4, 0.5) is 5.69 Å². The number of H-pyrrole nitrogens is 1. The van der Waals surface area contributed by atoms with Gasteiger partial charge in [-0.1, -0.05) is 60.7 Å². The van der Waals surface area contributed by atoms with E-state index < -0.39 is 0 Å². The third kappa shape index (κ3) is 2.62. The number of amidine groups is 1. The second-order valence-corrected chi connectivity index (χ2v) is 9.02. The van der Waals surface area contributed by atoms with E-state index in [1.54, 1.807) is 0 Å². The van der Waals surface area contributed by atoms with Gasteiger partial charge >= 0.3 is 0 Å². The highest BCUT2D eigenvalue weighted by molar-refractivity contribution is 6.07. The lowest BCUT2D eigenvalue weighted by molar-refractivity contribution is 0.522. The zero-order chi connectivity index (χ0) is 20.3. The van der Waals surface area contributed by atoms with Crippen molar-refractivity contribution >= 4 is 39.3 Å². The SMILES string of the molecule is CC1(C)CCC(N2c3ccc4ccccc4c3C=CC2c2c[nH]c3ccccc23)=N1. The van der Waals surface area contributed by atoms with Gasteiger partial charge in [-0.2, -0.15) is 0 Å². The Labute approximate surface area is 176 Å². The molecule has 0 saturated carbocycles. The second kappa shape index (κ2) is 6.33. The number of fused-ring (bicyclic) bond motifs is 4. The summed E-state index contributed by atoms with van der Waals surface area (Å²) in [6.07, 6.45) is 8.91. The Bertz CT molecular complexity index is 1340. The number of hydrogen-bond donors (Lipinski definition) is 1. The number of nitrogens with one attached hydrogen (secondary N) is 1. The molecule has 1 atom stereocenters. The zero-order valence-corrected chi connectivity index (χ0v) is 17.4. The summed E-state index contributed by atoms with van der Waals surface area (Å²) in [6.45, 7) is 4.48. The van der Waals surface area contributed by atoms with Crippen LogP contribution in [0.25, 0.3) is 27.8 Å². The number of anilines is 1. The maximum atomic E-state index is 5.16. The van der Waals surface area contributed by atoms with E-state index in [9.17, 15) is 0 Å². The lowest BCUT2D eigenvalue weighted by Crippen LogP contribution is -2.35. The number of aromatic amines is 1. The highest BCUT2D eigenvalue weighted by Gasteiger charge is 2.35. The minimum Gasteiger partial charge on any atom is -0.361 e. The average Bonchev–Trinajstić information content (AvgIpc) is 3.35. The summed E-state index contributed by atoms with van der Waals surface area (Å²) >= 11 is 0. The van der Waals surface area contributed by atoms with Crippen LogP contribution in [0, 0.1) is 0 Å². The lowest BCUT2D eigenvalue weighted by atomic mass is 9.93. The van der Waals surface area contributed by atoms with Gasteiger partial charge < -0.3 is 9.88 Å². The van der Waals surface area contributed by atoms with Gasteiger partial charge in [0, 0.05) is 34.6 Å². The fourth-order valence-electron chi connectivity index (χ4n) is 5.03. The van der Waals surface area contributed by atoms with E-state index in [0.29, 0.717) is 0 Å². The number of nitrogens with zero attached hydrogens (tertiary/aromatic N) is 2. The summed E-state index contributed by atoms with van der Waals surface area (Å²) in [5, 5.41) is 3.85. The van der Waals surface area contributed by atoms with Gasteiger partial charge in [-0.25, -0.2) is 0 Å². The van der Waals surface area contributed by atoms with Crippen LogP contribution < -0.4 is 4.90 Å². The summed E-state index contributed by atoms with van der Waals surface area (Å²) in [7, 11) is 0. The zero-order valence-electron chi connectivity index (χ0n) is 17.4. The quantitative estimate of drug-likeness (QED) is 0.377. The largest absolute Gasteiger partial charge is 0.361 e. The van der Waals surface area contributed by atoms with Crippen LogP contribution in [0.5, 0.6) is 0 Å². The van der Waals surface area contributed by atoms with Crippen molar-refractivity contribution in [3.05, 3.63) is 84.1 Å². The molecule has 2 aliphatic rings. The highest BCUT2D eigenvalue weighted by Crippen LogP contribution is 2.43. The first-order valence-corrected chi connectivity index (χ1v) is 10.7. The predicted octanol–water partition coefficient (Wildman–Crippen LogP) is 6.87. The van der Waals surface area contributed by atoms with Crippen molar-refractivity contribution in [2.75, 3.05) is 4.90 Å². The first-order valence-electron chi connectivity index (χ1n) is 10.7. The molecule has 30 heavy (non-hydrogen) atoms. The van der Waals surface area contributed by atoms with Crippen LogP contribution in [0.3, 0.4) is 0 Å². The van der Waals surface area contributed by atoms with Gasteiger partial charge in [-0.05, 0) is 43.2 Å². The molecule has 4 aromatic rings. The number of para-hydroxylation sites is 1. The second-order valence-electron chi connectivity index (χ2n) is 9.02. The molecule has 2 aliphatic heterocycles. The van der Waals surface area contributed by atoms with Crippen molar-refractivity contribution in [2.24, 2.45) is 4.99 Å². The van der Waals surface area contributed by atoms with Gasteiger partial charge in [0.25, 0.3) is 0 Å². The predicted molar refractivity (Wildman–Crippen MR) is 127 cm³/mol. The Balaban J connectivity index is 1.59. The smallest absolute Gasteiger partial charge is 0.105 e. The molecule has 0 amide bonds. The van der Waals surface area contributed by atoms with Crippen molar-refractivity contribution in [1.82, 2.24) is 4.98 Å². The Morgan fingerprint density at radius 1 is 0.967 bits per heavy atom. The summed E-state index contributed by atoms with van der Waals surface area (Å²) in [4.78, 5) is 11.1. The molecule has 0 spiro atoms. The lowest BCUT2D eigenvalue weighted by Gasteiger charge is -2.36. The van der Waals surface area contributed by atoms with Crippen LogP contribution in [-0.2, 0) is 0 Å². The van der Waals surface area contributed by atoms with Crippen LogP contribution in [-0.4, -0.2) is 16.4 Å². The number of rotatable bonds is 1. The van der Waals surface area contributed by atoms with E-state index >= 15 is 0 Å². The van der Waals surface area contributed by atoms with Gasteiger partial charge in [0.05, 0.1) is 17.3 Å². The third-order valence-corrected chi connectivity index (χ3v) is 6.54. The van der Waals surface area contributed by atoms with Crippen molar-refractivity contribution in [2.45, 2.75) is 38.3 Å². The van der Waals surface area contributed by atoms with Crippen molar-refractivity contribution in [3.8, 4) is 0 Å². The molecule has 3 nitrogen and oxygen atoms in total. The molecule has 3 heteroatoms. The van der Waals surface area contributed by atoms with E-state index in [-0.39, 0.29) is 11.6 Å². The number of benzene rings is 3. The highest BCUT2D eigenvalue weighted by atomic mass is 15.2. The topological polar surface area (TPSA) is 31.4 Å². The molecular formula is C27H25N3. The van der Waals surface area contributed by atoms with Crippen LogP contribution >= 0.6 is 0 Å². The number of aromatic nitrogens is 1. The molecule has 0 saturated heterocycles. The molecule has 3 aromatic carbocycles. The molecule has 0 bridgehead atoms. The van der Waals surface area contributed by atoms with Crippen LogP contribution in [0.1, 0.15) is 43.9 Å². The average molecular weight is 392 g/mol. The summed E-state index contributed by atoms with van der Waals surface area (Å²) in [6, 6.07) is 21.9. The molecule has 1 unspecified atom stereocenters. The van der Waals surface area contributed by atoms with Crippen molar-refractivity contribution < 1.29 is 0 Å². The first-order chi connectivity index (χ1) is 14.6. The maximum Gasteiger partial charge on any atom is 0.105 e. The van der Waals surface area contributed by atoms with Crippen molar-refractivity contribution in [3.63, 3.8) is 0 Å². The fourth-order valence-corrected chi connectivity index (χ4v) is 5.03. The van der Waals surface area contributed by atoms with E-state index in [1.165, 1.54) is 44.3 Å². The minimum atomic E-state index is -0.00172. The Kier molecular flexibility index (Phi) is 3.70. The molecule has 1 aromatic heterocycles. The summed E-state index contributed by atoms with van der Waals surface area (Å²) in [5.41, 5.74) is 5.02. The van der Waals surface area contributed by atoms with Gasteiger partial charge in [-0.3, -0.25) is 4.99 Å². The molecule has 3 heterocycles. The Morgan fingerprint density at radius 2 is 1.77 bits per heavy atom. The molecule has 0 fully saturated rings. The molecular weight excluding hydrogens is 366 g/mol. The van der Waals surface area contributed by atoms with E-state index in [0.717, 1.165) is 12.8 Å². The van der Waals surface area contributed by atoms with E-state index in [4.69, 9.17) is 4.99 Å². The monoisotopic (exact) mass is 391 g/mol. The molecule has 6 rings (SSSR count).